The van der Waals surface area contributed by atoms with Gasteiger partial charge in [0.2, 0.25) is 11.8 Å². The molecule has 0 spiro atoms. The van der Waals surface area contributed by atoms with Gasteiger partial charge in [-0.3, -0.25) is 9.59 Å². The minimum Gasteiger partial charge on any atom is -0.486 e. The van der Waals surface area contributed by atoms with Crippen molar-refractivity contribution in [2.45, 2.75) is 108 Å². The number of hydrogen-bond donors (Lipinski definition) is 4. The molecule has 8 aromatic rings. The number of nitrogen functional groups attached to an aromatic ring is 1. The molecule has 446 valence electrons. The molecule has 86 heavy (non-hydrogen) atoms. The lowest BCUT2D eigenvalue weighted by molar-refractivity contribution is -0.142. The van der Waals surface area contributed by atoms with Crippen LogP contribution in [0.5, 0.6) is 11.8 Å². The van der Waals surface area contributed by atoms with Gasteiger partial charge in [-0.15, -0.1) is 16.4 Å². The molecule has 2 amide bonds. The monoisotopic (exact) mass is 1200 g/mol. The predicted octanol–water partition coefficient (Wildman–Crippen LogP) is 10.4. The summed E-state index contributed by atoms with van der Waals surface area (Å²) < 4.78 is 113. The number of nitriles is 1. The van der Waals surface area contributed by atoms with Crippen molar-refractivity contribution < 1.29 is 55.2 Å². The molecule has 0 saturated carbocycles. The molecule has 12 rings (SSSR count). The average molecular weight is 1200 g/mol. The van der Waals surface area contributed by atoms with Gasteiger partial charge in [0, 0.05) is 72.9 Å². The topological polar surface area (TPSA) is 219 Å². The Balaban J connectivity index is 0.842. The van der Waals surface area contributed by atoms with E-state index in [-0.39, 0.29) is 104 Å². The van der Waals surface area contributed by atoms with Crippen molar-refractivity contribution in [2.24, 2.45) is 5.92 Å². The van der Waals surface area contributed by atoms with Crippen molar-refractivity contribution in [3.05, 3.63) is 131 Å². The molecule has 5 aromatic carbocycles. The van der Waals surface area contributed by atoms with Crippen LogP contribution < -0.4 is 30.7 Å². The summed E-state index contributed by atoms with van der Waals surface area (Å²) in [6.45, 7) is 6.72. The number of nitrogens with zero attached hydrogens (tertiary/aromatic N) is 8. The number of piperazine rings is 1. The molecule has 24 heteroatoms. The molecular formula is C62H59F6N11O6S. The van der Waals surface area contributed by atoms with Crippen molar-refractivity contribution in [3.63, 3.8) is 0 Å². The molecule has 17 nitrogen and oxygen atoms in total. The first-order chi connectivity index (χ1) is 41.3. The Kier molecular flexibility index (Phi) is 15.8. The number of aliphatic hydroxyl groups is 1. The molecule has 5 N–H and O–H groups in total. The fourth-order valence-electron chi connectivity index (χ4n) is 12.3. The predicted molar refractivity (Wildman–Crippen MR) is 309 cm³/mol. The Bertz CT molecular complexity index is 3910. The number of likely N-dealkylation sites (tertiary alicyclic amines) is 1. The van der Waals surface area contributed by atoms with Gasteiger partial charge in [-0.2, -0.15) is 28.4 Å². The minimum absolute atomic E-state index is 0.00177. The smallest absolute Gasteiger partial charge is 0.417 e. The van der Waals surface area contributed by atoms with Gasteiger partial charge >= 0.3 is 12.2 Å². The number of amides is 2. The van der Waals surface area contributed by atoms with Crippen LogP contribution in [0.15, 0.2) is 91.1 Å². The maximum absolute atomic E-state index is 16.0. The molecule has 7 heterocycles. The number of alkyl halides is 3. The Morgan fingerprint density at radius 1 is 0.907 bits per heavy atom. The van der Waals surface area contributed by atoms with Gasteiger partial charge in [-0.1, -0.05) is 79.7 Å². The maximum atomic E-state index is 16.0. The number of nitrogens with two attached hydrogens (primary N) is 1. The Morgan fingerprint density at radius 3 is 2.28 bits per heavy atom. The Morgan fingerprint density at radius 2 is 1.60 bits per heavy atom. The number of aromatic nitrogens is 5. The standard InChI is InChI=1S/C62H59F6N11O6S/c1-31(2)54(60(82)78-28-39(80)23-49(78)59(81)71-32(3)34-11-13-36(14-12-34)50-45(63)5-4-6-46(50)64)79-29-48(75-76-79)35-9-7-33(8-10-35)30-84-55-52(41-17-18-47(65)56-51(41)43(25-69)57(70)86-56)44(62(66,67)68)24-42-53(55)73-61(85-40-19-21-83-22-20-40)74-58(42)77-26-37-15-16-38(27-77)72-37/h4-14,17-18,24,29,31-32,37-40,49,54,72,80H,15-16,19-23,26-28,30,70H2,1-3H3,(H,71,81)/t32-,37?,38?,39+,49-,54-/m0/s1. The SMILES string of the molecule is CC(C)[C@@H](C(=O)N1C[C@H](O)C[C@H]1C(=O)N[C@@H](C)c1ccc(-c2c(F)cccc2F)cc1)n1cc(-c2ccc(COc3c(-c4ccc(F)c5sc(N)c(C#N)c45)c(C(F)(F)F)cc4c(N5CC6CCC(C5)N6)nc(OC5CCOCC5)nc34)cc2)nn1. The van der Waals surface area contributed by atoms with E-state index in [2.05, 4.69) is 20.9 Å². The largest absolute Gasteiger partial charge is 0.486 e. The number of hydrogen-bond acceptors (Lipinski definition) is 15. The molecule has 4 aliphatic heterocycles. The normalized spacial score (nSPS) is 19.7. The van der Waals surface area contributed by atoms with Crippen LogP contribution in [0.4, 0.5) is 37.2 Å². The summed E-state index contributed by atoms with van der Waals surface area (Å²) in [6.07, 6.45) is -2.01. The van der Waals surface area contributed by atoms with Gasteiger partial charge in [0.05, 0.1) is 52.9 Å². The summed E-state index contributed by atoms with van der Waals surface area (Å²) in [5, 5.41) is 36.4. The van der Waals surface area contributed by atoms with Gasteiger partial charge in [0.1, 0.15) is 70.3 Å². The van der Waals surface area contributed by atoms with Crippen molar-refractivity contribution in [1.82, 2.24) is 40.5 Å². The molecule has 3 aromatic heterocycles. The summed E-state index contributed by atoms with van der Waals surface area (Å²) in [5.41, 5.74) is 6.52. The van der Waals surface area contributed by atoms with E-state index in [0.717, 1.165) is 36.3 Å². The summed E-state index contributed by atoms with van der Waals surface area (Å²) in [4.78, 5) is 41.5. The second-order valence-electron chi connectivity index (χ2n) is 22.7. The van der Waals surface area contributed by atoms with Crippen LogP contribution in [0, 0.1) is 34.7 Å². The van der Waals surface area contributed by atoms with Crippen molar-refractivity contribution >= 4 is 55.0 Å². The molecule has 2 bridgehead atoms. The number of fused-ring (bicyclic) bond motifs is 4. The van der Waals surface area contributed by atoms with E-state index in [1.54, 1.807) is 61.7 Å². The highest BCUT2D eigenvalue weighted by atomic mass is 32.1. The number of rotatable bonds is 15. The minimum atomic E-state index is -5.04. The second-order valence-corrected chi connectivity index (χ2v) is 23.7. The number of β-amino-alcohol motifs (C(OH)–C–C–N with tert-alkyl or cyclic N) is 1. The van der Waals surface area contributed by atoms with Gasteiger partial charge in [-0.25, -0.2) is 17.9 Å². The number of benzene rings is 5. The van der Waals surface area contributed by atoms with Gasteiger partial charge in [-0.05, 0) is 72.2 Å². The van der Waals surface area contributed by atoms with E-state index in [1.807, 2.05) is 24.8 Å². The quantitative estimate of drug-likeness (QED) is 0.0702. The molecule has 0 radical (unpaired) electrons. The van der Waals surface area contributed by atoms with Gasteiger partial charge < -0.3 is 45.5 Å². The van der Waals surface area contributed by atoms with Crippen LogP contribution in [0.2, 0.25) is 0 Å². The van der Waals surface area contributed by atoms with Gasteiger partial charge in [0.15, 0.2) is 5.75 Å². The lowest BCUT2D eigenvalue weighted by Gasteiger charge is -2.35. The molecule has 6 atom stereocenters. The van der Waals surface area contributed by atoms with Crippen molar-refractivity contribution in [2.75, 3.05) is 43.5 Å². The summed E-state index contributed by atoms with van der Waals surface area (Å²) >= 11 is 0.756. The number of carbonyl (C=O) groups is 2. The van der Waals surface area contributed by atoms with E-state index >= 15 is 17.6 Å². The first kappa shape index (κ1) is 58.0. The van der Waals surface area contributed by atoms with E-state index in [4.69, 9.17) is 29.9 Å². The number of nitrogens with one attached hydrogen (secondary N) is 2. The zero-order valence-electron chi connectivity index (χ0n) is 46.9. The third kappa shape index (κ3) is 11.2. The van der Waals surface area contributed by atoms with Crippen LogP contribution in [-0.4, -0.2) is 110 Å². The highest BCUT2D eigenvalue weighted by molar-refractivity contribution is 7.23. The lowest BCUT2D eigenvalue weighted by atomic mass is 9.92. The van der Waals surface area contributed by atoms with E-state index < -0.39 is 70.8 Å². The van der Waals surface area contributed by atoms with Crippen LogP contribution in [0.25, 0.3) is 54.5 Å². The molecule has 2 unspecified atom stereocenters. The summed E-state index contributed by atoms with van der Waals surface area (Å²) in [6, 6.07) is 19.6. The second kappa shape index (κ2) is 23.5. The van der Waals surface area contributed by atoms with Crippen LogP contribution in [0.3, 0.4) is 0 Å². The first-order valence-electron chi connectivity index (χ1n) is 28.4. The zero-order chi connectivity index (χ0) is 60.3. The fraction of sp³-hybridized carbons (Fsp3) is 0.371. The Labute approximate surface area is 493 Å². The van der Waals surface area contributed by atoms with Crippen LogP contribution in [0.1, 0.15) is 87.2 Å². The van der Waals surface area contributed by atoms with Gasteiger partial charge in [0.25, 0.3) is 0 Å². The summed E-state index contributed by atoms with van der Waals surface area (Å²) in [5.74, 6) is -3.62. The number of halogens is 6. The number of carbonyl (C=O) groups excluding carboxylic acids is 2. The highest BCUT2D eigenvalue weighted by Crippen LogP contribution is 2.52. The van der Waals surface area contributed by atoms with E-state index in [0.29, 0.717) is 67.1 Å². The maximum Gasteiger partial charge on any atom is 0.417 e. The summed E-state index contributed by atoms with van der Waals surface area (Å²) in [7, 11) is 0. The fourth-order valence-corrected chi connectivity index (χ4v) is 13.3. The van der Waals surface area contributed by atoms with Crippen molar-refractivity contribution in [1.29, 1.82) is 5.26 Å². The molecule has 4 fully saturated rings. The van der Waals surface area contributed by atoms with Crippen molar-refractivity contribution in [3.8, 4) is 51.3 Å². The zero-order valence-corrected chi connectivity index (χ0v) is 47.7. The number of aliphatic hydroxyl groups excluding tert-OH is 1. The third-order valence-electron chi connectivity index (χ3n) is 16.6. The lowest BCUT2D eigenvalue weighted by Crippen LogP contribution is -2.51. The Hall–Kier alpha value is -8.37. The van der Waals surface area contributed by atoms with Crippen LogP contribution in [-0.2, 0) is 27.1 Å². The average Bonchev–Trinajstić information content (AvgIpc) is 1.52. The number of thiophene rings is 1. The third-order valence-corrected chi connectivity index (χ3v) is 17.6. The molecule has 4 aliphatic rings. The number of ether oxygens (including phenoxy) is 3. The molecular weight excluding hydrogens is 1140 g/mol. The van der Waals surface area contributed by atoms with E-state index in [9.17, 15) is 28.7 Å². The highest BCUT2D eigenvalue weighted by Gasteiger charge is 2.44. The van der Waals surface area contributed by atoms with Crippen LogP contribution >= 0.6 is 11.3 Å². The first-order valence-corrected chi connectivity index (χ1v) is 29.2. The number of anilines is 2. The van der Waals surface area contributed by atoms with E-state index in [1.165, 1.54) is 33.8 Å². The molecule has 4 saturated heterocycles. The molecule has 0 aliphatic carbocycles.